The van der Waals surface area contributed by atoms with E-state index >= 15 is 0 Å². The molecule has 0 aromatic carbocycles. The molecule has 0 aliphatic heterocycles. The summed E-state index contributed by atoms with van der Waals surface area (Å²) in [7, 11) is 0. The minimum absolute atomic E-state index is 0.793. The fourth-order valence-electron chi connectivity index (χ4n) is 1.90. The van der Waals surface area contributed by atoms with E-state index in [0.29, 0.717) is 0 Å². The van der Waals surface area contributed by atoms with Gasteiger partial charge in [0.15, 0.2) is 0 Å². The first-order valence-electron chi connectivity index (χ1n) is 5.82. The highest BCUT2D eigenvalue weighted by molar-refractivity contribution is 4.70. The lowest BCUT2D eigenvalue weighted by atomic mass is 9.79. The summed E-state index contributed by atoms with van der Waals surface area (Å²) < 4.78 is 0. The molecule has 0 heteroatoms. The molecule has 0 saturated heterocycles. The standard InChI is InChI=1S/C13H27/c1-7-10(3)9-12(5)13(6)11(4)8-2/h10-13H,1,7-9H2,2-6H3. The SMILES string of the molecule is [CH2]CC(C)CC(C)C(C)C(C)CC. The monoisotopic (exact) mass is 183 g/mol. The maximum absolute atomic E-state index is 3.96. The maximum atomic E-state index is 3.96. The Morgan fingerprint density at radius 3 is 1.92 bits per heavy atom. The number of hydrogen-bond donors (Lipinski definition) is 0. The molecule has 79 valence electrons. The van der Waals surface area contributed by atoms with Gasteiger partial charge in [-0.3, -0.25) is 0 Å². The molecule has 13 heavy (non-hydrogen) atoms. The van der Waals surface area contributed by atoms with Crippen LogP contribution in [-0.4, -0.2) is 0 Å². The van der Waals surface area contributed by atoms with Crippen LogP contribution in [0.4, 0.5) is 0 Å². The van der Waals surface area contributed by atoms with Gasteiger partial charge in [-0.05, 0) is 30.1 Å². The van der Waals surface area contributed by atoms with E-state index in [4.69, 9.17) is 0 Å². The molecule has 0 saturated carbocycles. The van der Waals surface area contributed by atoms with Gasteiger partial charge in [-0.2, -0.15) is 0 Å². The molecule has 4 atom stereocenters. The van der Waals surface area contributed by atoms with Gasteiger partial charge in [-0.1, -0.05) is 54.4 Å². The summed E-state index contributed by atoms with van der Waals surface area (Å²) in [6.07, 6.45) is 3.73. The molecular formula is C13H27. The van der Waals surface area contributed by atoms with E-state index in [9.17, 15) is 0 Å². The molecule has 0 amide bonds. The Morgan fingerprint density at radius 2 is 1.54 bits per heavy atom. The molecule has 0 aromatic rings. The van der Waals surface area contributed by atoms with Crippen LogP contribution in [0.2, 0.25) is 0 Å². The molecule has 0 bridgehead atoms. The Morgan fingerprint density at radius 1 is 1.00 bits per heavy atom. The summed E-state index contributed by atoms with van der Waals surface area (Å²) in [5, 5.41) is 0. The third-order valence-corrected chi connectivity index (χ3v) is 3.71. The van der Waals surface area contributed by atoms with Crippen LogP contribution in [0.3, 0.4) is 0 Å². The Balaban J connectivity index is 3.87. The smallest absolute Gasteiger partial charge is 0.0391 e. The fourth-order valence-corrected chi connectivity index (χ4v) is 1.90. The van der Waals surface area contributed by atoms with E-state index in [-0.39, 0.29) is 0 Å². The summed E-state index contributed by atoms with van der Waals surface area (Å²) >= 11 is 0. The van der Waals surface area contributed by atoms with Crippen LogP contribution in [0, 0.1) is 30.6 Å². The third-order valence-electron chi connectivity index (χ3n) is 3.71. The predicted molar refractivity (Wildman–Crippen MR) is 61.5 cm³/mol. The van der Waals surface area contributed by atoms with Gasteiger partial charge in [-0.25, -0.2) is 0 Å². The Labute approximate surface area is 85.1 Å². The average Bonchev–Trinajstić information content (AvgIpc) is 2.14. The second-order valence-electron chi connectivity index (χ2n) is 4.85. The highest BCUT2D eigenvalue weighted by atomic mass is 14.2. The van der Waals surface area contributed by atoms with E-state index in [0.717, 1.165) is 30.1 Å². The lowest BCUT2D eigenvalue weighted by molar-refractivity contribution is 0.236. The number of rotatable bonds is 6. The first kappa shape index (κ1) is 13.0. The van der Waals surface area contributed by atoms with E-state index in [2.05, 4.69) is 41.5 Å². The zero-order chi connectivity index (χ0) is 10.4. The van der Waals surface area contributed by atoms with Crippen molar-refractivity contribution >= 4 is 0 Å². The molecule has 0 heterocycles. The average molecular weight is 183 g/mol. The molecule has 0 nitrogen and oxygen atoms in total. The first-order valence-corrected chi connectivity index (χ1v) is 5.82. The molecule has 0 N–H and O–H groups in total. The molecule has 0 rings (SSSR count). The molecular weight excluding hydrogens is 156 g/mol. The molecule has 1 radical (unpaired) electrons. The van der Waals surface area contributed by atoms with Gasteiger partial charge in [0.05, 0.1) is 0 Å². The van der Waals surface area contributed by atoms with Crippen LogP contribution in [0.25, 0.3) is 0 Å². The quantitative estimate of drug-likeness (QED) is 0.566. The van der Waals surface area contributed by atoms with Crippen LogP contribution in [0.1, 0.15) is 53.9 Å². The van der Waals surface area contributed by atoms with Crippen molar-refractivity contribution in [1.29, 1.82) is 0 Å². The minimum atomic E-state index is 0.793. The largest absolute Gasteiger partial charge is 0.0651 e. The van der Waals surface area contributed by atoms with Gasteiger partial charge in [-0.15, -0.1) is 0 Å². The van der Waals surface area contributed by atoms with E-state index in [1.54, 1.807) is 0 Å². The summed E-state index contributed by atoms with van der Waals surface area (Å²) in [6.45, 7) is 15.7. The van der Waals surface area contributed by atoms with Gasteiger partial charge >= 0.3 is 0 Å². The van der Waals surface area contributed by atoms with E-state index < -0.39 is 0 Å². The Kier molecular flexibility index (Phi) is 6.45. The van der Waals surface area contributed by atoms with Gasteiger partial charge in [0.25, 0.3) is 0 Å². The second-order valence-corrected chi connectivity index (χ2v) is 4.85. The third kappa shape index (κ3) is 4.69. The van der Waals surface area contributed by atoms with Crippen molar-refractivity contribution in [2.75, 3.05) is 0 Å². The van der Waals surface area contributed by atoms with Crippen molar-refractivity contribution in [1.82, 2.24) is 0 Å². The topological polar surface area (TPSA) is 0 Å². The van der Waals surface area contributed by atoms with Gasteiger partial charge < -0.3 is 0 Å². The predicted octanol–water partition coefficient (Wildman–Crippen LogP) is 4.56. The van der Waals surface area contributed by atoms with Crippen molar-refractivity contribution in [3.05, 3.63) is 6.92 Å². The molecule has 0 aliphatic rings. The van der Waals surface area contributed by atoms with Crippen molar-refractivity contribution in [3.8, 4) is 0 Å². The van der Waals surface area contributed by atoms with Crippen molar-refractivity contribution < 1.29 is 0 Å². The summed E-state index contributed by atoms with van der Waals surface area (Å²) in [6, 6.07) is 0. The zero-order valence-corrected chi connectivity index (χ0v) is 10.1. The highest BCUT2D eigenvalue weighted by Crippen LogP contribution is 2.28. The maximum Gasteiger partial charge on any atom is -0.0391 e. The van der Waals surface area contributed by atoms with Crippen LogP contribution in [0.5, 0.6) is 0 Å². The van der Waals surface area contributed by atoms with Crippen LogP contribution < -0.4 is 0 Å². The summed E-state index contributed by atoms with van der Waals surface area (Å²) in [5.74, 6) is 3.37. The van der Waals surface area contributed by atoms with Crippen molar-refractivity contribution in [2.24, 2.45) is 23.7 Å². The molecule has 4 unspecified atom stereocenters. The van der Waals surface area contributed by atoms with Gasteiger partial charge in [0, 0.05) is 0 Å². The molecule has 0 aromatic heterocycles. The highest BCUT2D eigenvalue weighted by Gasteiger charge is 2.18. The van der Waals surface area contributed by atoms with Crippen molar-refractivity contribution in [3.63, 3.8) is 0 Å². The Bertz CT molecular complexity index is 117. The van der Waals surface area contributed by atoms with Crippen molar-refractivity contribution in [2.45, 2.75) is 53.9 Å². The van der Waals surface area contributed by atoms with Crippen LogP contribution in [-0.2, 0) is 0 Å². The zero-order valence-electron chi connectivity index (χ0n) is 10.1. The van der Waals surface area contributed by atoms with Gasteiger partial charge in [0.1, 0.15) is 0 Å². The number of hydrogen-bond acceptors (Lipinski definition) is 0. The molecule has 0 fully saturated rings. The first-order chi connectivity index (χ1) is 6.02. The Hall–Kier alpha value is 0. The lowest BCUT2D eigenvalue weighted by Gasteiger charge is -2.27. The normalized spacial score (nSPS) is 20.8. The molecule has 0 spiro atoms. The lowest BCUT2D eigenvalue weighted by Crippen LogP contribution is -2.18. The summed E-state index contributed by atoms with van der Waals surface area (Å²) in [4.78, 5) is 0. The van der Waals surface area contributed by atoms with Crippen LogP contribution in [0.15, 0.2) is 0 Å². The fraction of sp³-hybridized carbons (Fsp3) is 0.923. The summed E-state index contributed by atoms with van der Waals surface area (Å²) in [5.41, 5.74) is 0. The minimum Gasteiger partial charge on any atom is -0.0651 e. The van der Waals surface area contributed by atoms with E-state index in [1.807, 2.05) is 0 Å². The molecule has 0 aliphatic carbocycles. The van der Waals surface area contributed by atoms with Crippen LogP contribution >= 0.6 is 0 Å². The van der Waals surface area contributed by atoms with E-state index in [1.165, 1.54) is 12.8 Å². The second kappa shape index (κ2) is 6.45. The van der Waals surface area contributed by atoms with Gasteiger partial charge in [0.2, 0.25) is 0 Å².